The predicted molar refractivity (Wildman–Crippen MR) is 153 cm³/mol. The number of para-hydroxylation sites is 1. The van der Waals surface area contributed by atoms with E-state index >= 15 is 0 Å². The number of hydrogen-bond donors (Lipinski definition) is 0. The maximum atomic E-state index is 2.52. The van der Waals surface area contributed by atoms with Crippen LogP contribution in [0.25, 0.3) is 54.8 Å². The van der Waals surface area contributed by atoms with E-state index in [4.69, 9.17) is 0 Å². The first kappa shape index (κ1) is 20.7. The average molecular weight is 460 g/mol. The number of benzene rings is 6. The summed E-state index contributed by atoms with van der Waals surface area (Å²) in [6.45, 7) is 0.827. The molecule has 1 nitrogen and oxygen atoms in total. The smallest absolute Gasteiger partial charge is 0.0580 e. The quantitative estimate of drug-likeness (QED) is 0.247. The zero-order valence-corrected chi connectivity index (χ0v) is 19.9. The molecule has 0 atom stereocenters. The van der Waals surface area contributed by atoms with Gasteiger partial charge in [-0.05, 0) is 33.7 Å². The molecule has 0 amide bonds. The summed E-state index contributed by atoms with van der Waals surface area (Å²) in [5.41, 5.74) is 8.96. The van der Waals surface area contributed by atoms with Gasteiger partial charge in [-0.3, -0.25) is 0 Å². The first-order valence-electron chi connectivity index (χ1n) is 12.5. The van der Waals surface area contributed by atoms with Crippen molar-refractivity contribution in [2.45, 2.75) is 6.54 Å². The van der Waals surface area contributed by atoms with Crippen molar-refractivity contribution in [2.24, 2.45) is 0 Å². The van der Waals surface area contributed by atoms with Gasteiger partial charge in [0.2, 0.25) is 0 Å². The van der Waals surface area contributed by atoms with Gasteiger partial charge in [0.05, 0.1) is 5.52 Å². The summed E-state index contributed by atoms with van der Waals surface area (Å²) < 4.78 is 2.52. The Bertz CT molecular complexity index is 1830. The lowest BCUT2D eigenvalue weighted by Crippen LogP contribution is -2.00. The average Bonchev–Trinajstić information content (AvgIpc) is 3.28. The van der Waals surface area contributed by atoms with Crippen LogP contribution < -0.4 is 0 Å². The Morgan fingerprint density at radius 1 is 0.417 bits per heavy atom. The van der Waals surface area contributed by atoms with Gasteiger partial charge in [0.25, 0.3) is 0 Å². The molecule has 0 saturated heterocycles. The van der Waals surface area contributed by atoms with Crippen molar-refractivity contribution >= 4 is 32.6 Å². The van der Waals surface area contributed by atoms with Gasteiger partial charge in [-0.2, -0.15) is 0 Å². The van der Waals surface area contributed by atoms with Crippen molar-refractivity contribution in [1.82, 2.24) is 4.57 Å². The van der Waals surface area contributed by atoms with Crippen LogP contribution in [-0.2, 0) is 6.54 Å². The van der Waals surface area contributed by atoms with E-state index in [1.165, 1.54) is 60.4 Å². The molecule has 7 aromatic rings. The third-order valence-corrected chi connectivity index (χ3v) is 7.23. The molecule has 0 aliphatic rings. The number of fused-ring (bicyclic) bond motifs is 5. The van der Waals surface area contributed by atoms with Gasteiger partial charge < -0.3 is 4.57 Å². The summed E-state index contributed by atoms with van der Waals surface area (Å²) in [7, 11) is 0. The Kier molecular flexibility index (Phi) is 4.92. The summed E-state index contributed by atoms with van der Waals surface area (Å²) in [4.78, 5) is 0. The zero-order valence-electron chi connectivity index (χ0n) is 19.9. The normalized spacial score (nSPS) is 11.4. The second-order valence-corrected chi connectivity index (χ2v) is 9.34. The fourth-order valence-electron chi connectivity index (χ4n) is 5.73. The topological polar surface area (TPSA) is 4.93 Å². The Morgan fingerprint density at radius 3 is 1.58 bits per heavy atom. The maximum absolute atomic E-state index is 2.52. The van der Waals surface area contributed by atoms with Crippen molar-refractivity contribution in [3.8, 4) is 22.3 Å². The molecular weight excluding hydrogens is 434 g/mol. The molecule has 7 rings (SSSR count). The summed E-state index contributed by atoms with van der Waals surface area (Å²) in [6, 6.07) is 50.3. The molecule has 170 valence electrons. The molecule has 1 heterocycles. The Hall–Kier alpha value is -4.62. The van der Waals surface area contributed by atoms with Crippen LogP contribution in [0.2, 0.25) is 0 Å². The molecule has 1 aromatic heterocycles. The molecule has 0 N–H and O–H groups in total. The molecule has 0 fully saturated rings. The lowest BCUT2D eigenvalue weighted by molar-refractivity contribution is 0.872. The Morgan fingerprint density at radius 2 is 0.917 bits per heavy atom. The molecule has 0 unspecified atom stereocenters. The molecule has 0 aliphatic carbocycles. The van der Waals surface area contributed by atoms with Gasteiger partial charge in [0.15, 0.2) is 0 Å². The van der Waals surface area contributed by atoms with Crippen LogP contribution in [-0.4, -0.2) is 4.57 Å². The van der Waals surface area contributed by atoms with Gasteiger partial charge in [-0.15, -0.1) is 0 Å². The minimum Gasteiger partial charge on any atom is -0.335 e. The summed E-state index contributed by atoms with van der Waals surface area (Å²) in [5.74, 6) is 0. The van der Waals surface area contributed by atoms with Gasteiger partial charge in [0.1, 0.15) is 0 Å². The van der Waals surface area contributed by atoms with Crippen LogP contribution >= 0.6 is 0 Å². The molecule has 0 radical (unpaired) electrons. The number of hydrogen-bond acceptors (Lipinski definition) is 0. The molecule has 0 aliphatic heterocycles. The van der Waals surface area contributed by atoms with Crippen molar-refractivity contribution in [1.29, 1.82) is 0 Å². The van der Waals surface area contributed by atoms with E-state index in [0.29, 0.717) is 0 Å². The maximum Gasteiger partial charge on any atom is 0.0580 e. The SMILES string of the molecule is c1ccc(Cn2c3ccccc3c3c(-c4ccccc4)c(-c4ccccc4)c4ccccc4c32)cc1. The standard InChI is InChI=1S/C35H25N/c1-4-14-25(15-5-1)24-36-31-23-13-12-22-30(31)34-33(27-18-8-3-9-19-27)32(26-16-6-2-7-17-26)28-20-10-11-21-29(28)35(34)36/h1-23H,24H2. The highest BCUT2D eigenvalue weighted by Gasteiger charge is 2.23. The molecular formula is C35H25N. The summed E-state index contributed by atoms with van der Waals surface area (Å²) in [5, 5.41) is 5.20. The van der Waals surface area contributed by atoms with E-state index in [0.717, 1.165) is 6.54 Å². The highest BCUT2D eigenvalue weighted by Crippen LogP contribution is 2.47. The van der Waals surface area contributed by atoms with E-state index in [-0.39, 0.29) is 0 Å². The monoisotopic (exact) mass is 459 g/mol. The second-order valence-electron chi connectivity index (χ2n) is 9.34. The van der Waals surface area contributed by atoms with Gasteiger partial charge in [0, 0.05) is 33.8 Å². The number of nitrogens with zero attached hydrogens (tertiary/aromatic N) is 1. The minimum atomic E-state index is 0.827. The molecule has 0 bridgehead atoms. The van der Waals surface area contributed by atoms with E-state index in [1.54, 1.807) is 0 Å². The van der Waals surface area contributed by atoms with Crippen LogP contribution in [0.15, 0.2) is 140 Å². The highest BCUT2D eigenvalue weighted by atomic mass is 15.0. The van der Waals surface area contributed by atoms with Crippen LogP contribution in [0, 0.1) is 0 Å². The van der Waals surface area contributed by atoms with Gasteiger partial charge in [-0.1, -0.05) is 133 Å². The fraction of sp³-hybridized carbons (Fsp3) is 0.0286. The second kappa shape index (κ2) is 8.55. The summed E-state index contributed by atoms with van der Waals surface area (Å²) in [6.07, 6.45) is 0. The van der Waals surface area contributed by atoms with Gasteiger partial charge >= 0.3 is 0 Å². The van der Waals surface area contributed by atoms with Crippen molar-refractivity contribution in [2.75, 3.05) is 0 Å². The third-order valence-electron chi connectivity index (χ3n) is 7.23. The molecule has 6 aromatic carbocycles. The largest absolute Gasteiger partial charge is 0.335 e. The third kappa shape index (κ3) is 3.25. The summed E-state index contributed by atoms with van der Waals surface area (Å²) >= 11 is 0. The first-order chi connectivity index (χ1) is 17.9. The zero-order chi connectivity index (χ0) is 23.9. The van der Waals surface area contributed by atoms with Crippen molar-refractivity contribution in [3.63, 3.8) is 0 Å². The number of aromatic nitrogens is 1. The highest BCUT2D eigenvalue weighted by molar-refractivity contribution is 6.28. The molecule has 0 spiro atoms. The molecule has 0 saturated carbocycles. The Labute approximate surface area is 210 Å². The Balaban J connectivity index is 1.73. The van der Waals surface area contributed by atoms with E-state index in [9.17, 15) is 0 Å². The van der Waals surface area contributed by atoms with Crippen molar-refractivity contribution in [3.05, 3.63) is 145 Å². The lowest BCUT2D eigenvalue weighted by Gasteiger charge is -2.18. The van der Waals surface area contributed by atoms with Crippen LogP contribution in [0.3, 0.4) is 0 Å². The predicted octanol–water partition coefficient (Wildman–Crippen LogP) is 9.33. The van der Waals surface area contributed by atoms with Crippen LogP contribution in [0.1, 0.15) is 5.56 Å². The van der Waals surface area contributed by atoms with Gasteiger partial charge in [-0.25, -0.2) is 0 Å². The molecule has 36 heavy (non-hydrogen) atoms. The lowest BCUT2D eigenvalue weighted by atomic mass is 9.86. The first-order valence-corrected chi connectivity index (χ1v) is 12.5. The van der Waals surface area contributed by atoms with E-state index in [2.05, 4.69) is 144 Å². The van der Waals surface area contributed by atoms with E-state index in [1.807, 2.05) is 0 Å². The van der Waals surface area contributed by atoms with E-state index < -0.39 is 0 Å². The van der Waals surface area contributed by atoms with Crippen molar-refractivity contribution < 1.29 is 0 Å². The van der Waals surface area contributed by atoms with Crippen LogP contribution in [0.5, 0.6) is 0 Å². The minimum absolute atomic E-state index is 0.827. The molecule has 1 heteroatoms. The van der Waals surface area contributed by atoms with Crippen LogP contribution in [0.4, 0.5) is 0 Å². The number of rotatable bonds is 4. The fourth-order valence-corrected chi connectivity index (χ4v) is 5.73.